The Labute approximate surface area is 133 Å². The Morgan fingerprint density at radius 1 is 1.50 bits per heavy atom. The van der Waals surface area contributed by atoms with E-state index >= 15 is 0 Å². The van der Waals surface area contributed by atoms with E-state index in [2.05, 4.69) is 10.3 Å². The van der Waals surface area contributed by atoms with Gasteiger partial charge in [0, 0.05) is 12.1 Å². The minimum absolute atomic E-state index is 0. The fourth-order valence-corrected chi connectivity index (χ4v) is 2.09. The normalized spacial score (nSPS) is 10.3. The zero-order chi connectivity index (χ0) is 13.2. The molecule has 2 heterocycles. The minimum atomic E-state index is -0.425. The van der Waals surface area contributed by atoms with Crippen molar-refractivity contribution in [3.8, 4) is 10.8 Å². The second-order valence-corrected chi connectivity index (χ2v) is 5.58. The lowest BCUT2D eigenvalue weighted by Gasteiger charge is -2.23. The molecule has 2 aromatic rings. The number of amides is 1. The van der Waals surface area contributed by atoms with Crippen molar-refractivity contribution >= 4 is 42.1 Å². The number of halogens is 2. The van der Waals surface area contributed by atoms with Crippen LogP contribution in [0.1, 0.15) is 23.5 Å². The third-order valence-corrected chi connectivity index (χ3v) is 3.43. The number of carbonyl (C=O) groups excluding carboxylic acids is 1. The lowest BCUT2D eigenvalue weighted by Crippen LogP contribution is -2.48. The Balaban J connectivity index is 0.00000180. The summed E-state index contributed by atoms with van der Waals surface area (Å²) >= 11 is 1.29. The first-order valence-corrected chi connectivity index (χ1v) is 6.36. The summed E-state index contributed by atoms with van der Waals surface area (Å²) in [6.45, 7) is 4.13. The average Bonchev–Trinajstić information content (AvgIpc) is 2.99. The highest BCUT2D eigenvalue weighted by molar-refractivity contribution is 7.16. The molecule has 0 spiro atoms. The maximum Gasteiger partial charge on any atom is 0.263 e. The van der Waals surface area contributed by atoms with E-state index in [-0.39, 0.29) is 30.7 Å². The third kappa shape index (κ3) is 4.49. The molecule has 2 aromatic heterocycles. The molecule has 20 heavy (non-hydrogen) atoms. The lowest BCUT2D eigenvalue weighted by atomic mass is 10.1. The lowest BCUT2D eigenvalue weighted by molar-refractivity contribution is 0.0919. The fourth-order valence-electron chi connectivity index (χ4n) is 1.31. The second kappa shape index (κ2) is 7.64. The summed E-state index contributed by atoms with van der Waals surface area (Å²) in [5, 5.41) is 3.55. The number of nitrogens with two attached hydrogens (primary N) is 1. The van der Waals surface area contributed by atoms with Crippen LogP contribution in [0.5, 0.6) is 0 Å². The Kier molecular flexibility index (Phi) is 7.22. The van der Waals surface area contributed by atoms with Crippen molar-refractivity contribution < 1.29 is 9.21 Å². The van der Waals surface area contributed by atoms with Crippen molar-refractivity contribution in [3.05, 3.63) is 29.5 Å². The number of furan rings is 1. The number of hydrogen-bond donors (Lipinski definition) is 2. The van der Waals surface area contributed by atoms with Crippen LogP contribution in [0.15, 0.2) is 29.0 Å². The van der Waals surface area contributed by atoms with Gasteiger partial charge in [0.2, 0.25) is 0 Å². The van der Waals surface area contributed by atoms with Gasteiger partial charge < -0.3 is 15.5 Å². The van der Waals surface area contributed by atoms with Crippen LogP contribution in [0.4, 0.5) is 0 Å². The summed E-state index contributed by atoms with van der Waals surface area (Å²) in [5.74, 6) is 0.498. The van der Waals surface area contributed by atoms with E-state index in [0.717, 1.165) is 0 Å². The molecule has 0 atom stereocenters. The first-order valence-electron chi connectivity index (χ1n) is 5.54. The number of aromatic nitrogens is 1. The quantitative estimate of drug-likeness (QED) is 0.898. The van der Waals surface area contributed by atoms with Gasteiger partial charge in [0.25, 0.3) is 5.91 Å². The standard InChI is InChI=1S/C12H15N3O2S.2ClH/c1-12(2,7-13)15-10(16)9-6-14-11(18-9)8-4-3-5-17-8;;/h3-6H,7,13H2,1-2H3,(H,15,16);2*1H. The van der Waals surface area contributed by atoms with Crippen LogP contribution in [-0.2, 0) is 0 Å². The van der Waals surface area contributed by atoms with Crippen molar-refractivity contribution in [1.29, 1.82) is 0 Å². The van der Waals surface area contributed by atoms with E-state index < -0.39 is 5.54 Å². The van der Waals surface area contributed by atoms with Crippen molar-refractivity contribution in [2.45, 2.75) is 19.4 Å². The highest BCUT2D eigenvalue weighted by atomic mass is 35.5. The highest BCUT2D eigenvalue weighted by Gasteiger charge is 2.21. The molecule has 0 unspecified atom stereocenters. The summed E-state index contributed by atoms with van der Waals surface area (Å²) in [5.41, 5.74) is 5.15. The molecule has 0 saturated carbocycles. The molecule has 112 valence electrons. The van der Waals surface area contributed by atoms with Gasteiger partial charge in [-0.2, -0.15) is 0 Å². The molecule has 2 rings (SSSR count). The predicted octanol–water partition coefficient (Wildman–Crippen LogP) is 2.71. The molecule has 1 amide bonds. The smallest absolute Gasteiger partial charge is 0.263 e. The number of thiazole rings is 1. The highest BCUT2D eigenvalue weighted by Crippen LogP contribution is 2.25. The van der Waals surface area contributed by atoms with Gasteiger partial charge in [-0.1, -0.05) is 0 Å². The molecule has 0 radical (unpaired) electrons. The molecular weight excluding hydrogens is 321 g/mol. The fraction of sp³-hybridized carbons (Fsp3) is 0.333. The summed E-state index contributed by atoms with van der Waals surface area (Å²) in [6, 6.07) is 3.60. The number of carbonyl (C=O) groups is 1. The molecule has 0 fully saturated rings. The summed E-state index contributed by atoms with van der Waals surface area (Å²) < 4.78 is 5.23. The Morgan fingerprint density at radius 3 is 2.75 bits per heavy atom. The number of rotatable bonds is 4. The molecule has 0 saturated heterocycles. The van der Waals surface area contributed by atoms with Gasteiger partial charge >= 0.3 is 0 Å². The maximum atomic E-state index is 12.0. The van der Waals surface area contributed by atoms with E-state index in [0.29, 0.717) is 22.2 Å². The van der Waals surface area contributed by atoms with Crippen molar-refractivity contribution in [1.82, 2.24) is 10.3 Å². The molecule has 0 aliphatic carbocycles. The molecule has 0 aromatic carbocycles. The summed E-state index contributed by atoms with van der Waals surface area (Å²) in [4.78, 5) is 16.7. The molecular formula is C12H17Cl2N3O2S. The first-order chi connectivity index (χ1) is 8.52. The topological polar surface area (TPSA) is 81.1 Å². The Morgan fingerprint density at radius 2 is 2.20 bits per heavy atom. The molecule has 0 aliphatic heterocycles. The number of nitrogens with one attached hydrogen (secondary N) is 1. The van der Waals surface area contributed by atoms with Crippen molar-refractivity contribution in [3.63, 3.8) is 0 Å². The zero-order valence-corrected chi connectivity index (χ0v) is 13.5. The monoisotopic (exact) mass is 337 g/mol. The average molecular weight is 338 g/mol. The van der Waals surface area contributed by atoms with E-state index in [1.807, 2.05) is 19.9 Å². The molecule has 0 aliphatic rings. The van der Waals surface area contributed by atoms with Gasteiger partial charge in [0.15, 0.2) is 10.8 Å². The number of nitrogens with zero attached hydrogens (tertiary/aromatic N) is 1. The van der Waals surface area contributed by atoms with Gasteiger partial charge in [-0.15, -0.1) is 36.2 Å². The van der Waals surface area contributed by atoms with Crippen LogP contribution in [0, 0.1) is 0 Å². The van der Waals surface area contributed by atoms with Crippen LogP contribution in [0.3, 0.4) is 0 Å². The van der Waals surface area contributed by atoms with Crippen LogP contribution < -0.4 is 11.1 Å². The van der Waals surface area contributed by atoms with Gasteiger partial charge in [-0.05, 0) is 26.0 Å². The van der Waals surface area contributed by atoms with Gasteiger partial charge in [-0.3, -0.25) is 4.79 Å². The molecule has 0 bridgehead atoms. The Bertz CT molecular complexity index is 541. The van der Waals surface area contributed by atoms with Gasteiger partial charge in [-0.25, -0.2) is 4.98 Å². The number of hydrogen-bond acceptors (Lipinski definition) is 5. The summed E-state index contributed by atoms with van der Waals surface area (Å²) in [7, 11) is 0. The first kappa shape index (κ1) is 18.9. The van der Waals surface area contributed by atoms with E-state index in [1.165, 1.54) is 11.3 Å². The maximum absolute atomic E-state index is 12.0. The zero-order valence-electron chi connectivity index (χ0n) is 11.1. The predicted molar refractivity (Wildman–Crippen MR) is 84.9 cm³/mol. The summed E-state index contributed by atoms with van der Waals surface area (Å²) in [6.07, 6.45) is 3.12. The molecule has 8 heteroatoms. The largest absolute Gasteiger partial charge is 0.462 e. The van der Waals surface area contributed by atoms with Gasteiger partial charge in [0.1, 0.15) is 4.88 Å². The van der Waals surface area contributed by atoms with E-state index in [9.17, 15) is 4.79 Å². The minimum Gasteiger partial charge on any atom is -0.462 e. The van der Waals surface area contributed by atoms with Crippen LogP contribution in [-0.4, -0.2) is 23.0 Å². The van der Waals surface area contributed by atoms with Crippen molar-refractivity contribution in [2.24, 2.45) is 5.73 Å². The SMILES string of the molecule is CC(C)(CN)NC(=O)c1cnc(-c2ccco2)s1.Cl.Cl. The van der Waals surface area contributed by atoms with Crippen LogP contribution >= 0.6 is 36.2 Å². The van der Waals surface area contributed by atoms with E-state index in [1.54, 1.807) is 18.5 Å². The second-order valence-electron chi connectivity index (χ2n) is 4.55. The Hall–Kier alpha value is -1.08. The molecule has 3 N–H and O–H groups in total. The third-order valence-electron chi connectivity index (χ3n) is 2.42. The van der Waals surface area contributed by atoms with Crippen LogP contribution in [0.2, 0.25) is 0 Å². The van der Waals surface area contributed by atoms with E-state index in [4.69, 9.17) is 10.2 Å². The van der Waals surface area contributed by atoms with Gasteiger partial charge in [0.05, 0.1) is 12.5 Å². The van der Waals surface area contributed by atoms with Crippen LogP contribution in [0.25, 0.3) is 10.8 Å². The molecule has 5 nitrogen and oxygen atoms in total. The van der Waals surface area contributed by atoms with Crippen molar-refractivity contribution in [2.75, 3.05) is 6.54 Å².